The highest BCUT2D eigenvalue weighted by molar-refractivity contribution is 6.12. The number of nitrogens with zero attached hydrogens (tertiary/aromatic N) is 1. The van der Waals surface area contributed by atoms with Crippen molar-refractivity contribution in [1.29, 1.82) is 0 Å². The molecular weight excluding hydrogens is 761 g/mol. The summed E-state index contributed by atoms with van der Waals surface area (Å²) in [5.74, 6) is -4.73. The molecule has 12 heteroatoms. The Morgan fingerprint density at radius 2 is 1.18 bits per heavy atom. The number of carbonyl (C=O) groups is 7. The predicted molar refractivity (Wildman–Crippen MR) is 227 cm³/mol. The Hall–Kier alpha value is -6.53. The van der Waals surface area contributed by atoms with Crippen LogP contribution in [0.2, 0.25) is 0 Å². The Bertz CT molecular complexity index is 2040. The number of benzene rings is 4. The smallest absolute Gasteiger partial charge is 0.253 e. The fourth-order valence-electron chi connectivity index (χ4n) is 7.27. The van der Waals surface area contributed by atoms with Crippen LogP contribution < -0.4 is 16.0 Å². The SMILES string of the molecule is C[C@H](CC(=O)CCCCCN1C(=O)C=CC1=O)C(=O)N[C@@H](C)C(=O)C[C@@H](CC(=O)NC(c1ccccc1)(c1ccccc1)c1ccccc1)C(=O)Nc1ccc(CO)cc1. The molecule has 5 rings (SSSR count). The normalized spacial score (nSPS) is 13.9. The third kappa shape index (κ3) is 11.8. The quantitative estimate of drug-likeness (QED) is 0.0439. The van der Waals surface area contributed by atoms with E-state index in [1.165, 1.54) is 19.1 Å². The van der Waals surface area contributed by atoms with Crippen LogP contribution in [0.15, 0.2) is 127 Å². The van der Waals surface area contributed by atoms with Gasteiger partial charge in [-0.15, -0.1) is 0 Å². The molecule has 1 aliphatic rings. The molecule has 12 nitrogen and oxygen atoms in total. The van der Waals surface area contributed by atoms with Crippen LogP contribution in [-0.4, -0.2) is 63.7 Å². The van der Waals surface area contributed by atoms with Gasteiger partial charge in [0.05, 0.1) is 18.6 Å². The van der Waals surface area contributed by atoms with Gasteiger partial charge in [0.2, 0.25) is 17.7 Å². The average molecular weight is 813 g/mol. The first-order chi connectivity index (χ1) is 28.9. The fourth-order valence-corrected chi connectivity index (χ4v) is 7.27. The number of hydrogen-bond acceptors (Lipinski definition) is 8. The number of ketones is 2. The third-order valence-corrected chi connectivity index (χ3v) is 10.7. The van der Waals surface area contributed by atoms with E-state index in [4.69, 9.17) is 0 Å². The van der Waals surface area contributed by atoms with Crippen molar-refractivity contribution >= 4 is 46.8 Å². The zero-order valence-corrected chi connectivity index (χ0v) is 34.0. The van der Waals surface area contributed by atoms with Gasteiger partial charge in [0, 0.05) is 56.0 Å². The number of imide groups is 1. The molecule has 0 saturated carbocycles. The predicted octanol–water partition coefficient (Wildman–Crippen LogP) is 5.78. The summed E-state index contributed by atoms with van der Waals surface area (Å²) in [6.07, 6.45) is 3.65. The molecule has 0 aliphatic carbocycles. The molecule has 4 aromatic carbocycles. The Labute approximate surface area is 350 Å². The van der Waals surface area contributed by atoms with Crippen LogP contribution >= 0.6 is 0 Å². The van der Waals surface area contributed by atoms with Crippen LogP contribution in [0.4, 0.5) is 5.69 Å². The van der Waals surface area contributed by atoms with Crippen molar-refractivity contribution in [3.8, 4) is 0 Å². The van der Waals surface area contributed by atoms with Gasteiger partial charge in [-0.1, -0.05) is 116 Å². The summed E-state index contributed by atoms with van der Waals surface area (Å²) in [6, 6.07) is 34.0. The number of carbonyl (C=O) groups excluding carboxylic acids is 7. The van der Waals surface area contributed by atoms with Crippen molar-refractivity contribution in [2.75, 3.05) is 11.9 Å². The molecular formula is C48H52N4O8. The number of aliphatic hydroxyl groups excluding tert-OH is 1. The highest BCUT2D eigenvalue weighted by Crippen LogP contribution is 2.37. The van der Waals surface area contributed by atoms with Crippen LogP contribution in [-0.2, 0) is 45.7 Å². The summed E-state index contributed by atoms with van der Waals surface area (Å²) in [5, 5.41) is 18.3. The van der Waals surface area contributed by atoms with E-state index < -0.39 is 46.9 Å². The average Bonchev–Trinajstić information content (AvgIpc) is 3.58. The number of anilines is 1. The van der Waals surface area contributed by atoms with Crippen LogP contribution in [0.5, 0.6) is 0 Å². The molecule has 3 atom stereocenters. The van der Waals surface area contributed by atoms with Crippen molar-refractivity contribution in [1.82, 2.24) is 15.5 Å². The minimum Gasteiger partial charge on any atom is -0.392 e. The monoisotopic (exact) mass is 812 g/mol. The molecule has 4 aromatic rings. The van der Waals surface area contributed by atoms with Crippen LogP contribution in [0.3, 0.4) is 0 Å². The van der Waals surface area contributed by atoms with E-state index in [1.54, 1.807) is 31.2 Å². The van der Waals surface area contributed by atoms with Crippen molar-refractivity contribution in [3.05, 3.63) is 150 Å². The van der Waals surface area contributed by atoms with E-state index in [0.717, 1.165) is 21.6 Å². The highest BCUT2D eigenvalue weighted by Gasteiger charge is 2.39. The minimum atomic E-state index is -1.16. The molecule has 0 radical (unpaired) electrons. The number of aliphatic hydroxyl groups is 1. The maximum Gasteiger partial charge on any atom is 0.253 e. The maximum absolute atomic E-state index is 14.4. The summed E-state index contributed by atoms with van der Waals surface area (Å²) in [4.78, 5) is 92.6. The molecule has 0 bridgehead atoms. The van der Waals surface area contributed by atoms with Gasteiger partial charge in [-0.3, -0.25) is 38.5 Å². The minimum absolute atomic E-state index is 0.0357. The number of rotatable bonds is 22. The van der Waals surface area contributed by atoms with Gasteiger partial charge in [0.15, 0.2) is 5.78 Å². The highest BCUT2D eigenvalue weighted by atomic mass is 16.3. The molecule has 312 valence electrons. The lowest BCUT2D eigenvalue weighted by Crippen LogP contribution is -2.49. The van der Waals surface area contributed by atoms with Crippen LogP contribution in [0.1, 0.15) is 81.0 Å². The molecule has 5 amide bonds. The van der Waals surface area contributed by atoms with E-state index in [0.29, 0.717) is 30.5 Å². The molecule has 0 aromatic heterocycles. The standard InChI is InChI=1S/C48H52N4O8/c1-33(29-41(54)21-13-6-14-28-52-44(57)26-27-45(52)58)46(59)49-34(2)42(55)30-36(47(60)50-40-24-22-35(32-53)23-25-40)31-43(56)51-48(37-15-7-3-8-16-37,38-17-9-4-10-18-38)39-19-11-5-12-20-39/h3-5,7-12,15-20,22-27,33-34,36,53H,6,13-14,21,28-32H2,1-2H3,(H,49,59)(H,50,60)(H,51,56)/t33-,34+,36+/m1/s1. The van der Waals surface area contributed by atoms with Gasteiger partial charge >= 0.3 is 0 Å². The van der Waals surface area contributed by atoms with Gasteiger partial charge in [-0.05, 0) is 54.2 Å². The molecule has 0 fully saturated rings. The summed E-state index contributed by atoms with van der Waals surface area (Å²) >= 11 is 0. The lowest BCUT2D eigenvalue weighted by molar-refractivity contribution is -0.137. The zero-order valence-electron chi connectivity index (χ0n) is 34.0. The van der Waals surface area contributed by atoms with Crippen molar-refractivity contribution in [3.63, 3.8) is 0 Å². The van der Waals surface area contributed by atoms with E-state index in [1.807, 2.05) is 91.0 Å². The first-order valence-electron chi connectivity index (χ1n) is 20.3. The molecule has 4 N–H and O–H groups in total. The van der Waals surface area contributed by atoms with E-state index in [2.05, 4.69) is 16.0 Å². The van der Waals surface area contributed by atoms with Crippen molar-refractivity contribution in [2.45, 2.75) is 77.0 Å². The summed E-state index contributed by atoms with van der Waals surface area (Å²) in [5.41, 5.74) is 2.25. The molecule has 0 saturated heterocycles. The second-order valence-electron chi connectivity index (χ2n) is 15.2. The second-order valence-corrected chi connectivity index (χ2v) is 15.2. The largest absolute Gasteiger partial charge is 0.392 e. The Morgan fingerprint density at radius 3 is 1.70 bits per heavy atom. The Morgan fingerprint density at radius 1 is 0.650 bits per heavy atom. The summed E-state index contributed by atoms with van der Waals surface area (Å²) in [6.45, 7) is 3.21. The molecule has 1 aliphatic heterocycles. The Balaban J connectivity index is 1.26. The lowest BCUT2D eigenvalue weighted by atomic mass is 9.76. The van der Waals surface area contributed by atoms with E-state index in [9.17, 15) is 38.7 Å². The van der Waals surface area contributed by atoms with Crippen molar-refractivity contribution < 1.29 is 38.7 Å². The number of amides is 5. The summed E-state index contributed by atoms with van der Waals surface area (Å²) in [7, 11) is 0. The van der Waals surface area contributed by atoms with E-state index >= 15 is 0 Å². The zero-order chi connectivity index (χ0) is 43.1. The lowest BCUT2D eigenvalue weighted by Gasteiger charge is -2.37. The second kappa shape index (κ2) is 21.5. The van der Waals surface area contributed by atoms with Gasteiger partial charge in [0.25, 0.3) is 11.8 Å². The van der Waals surface area contributed by atoms with Crippen LogP contribution in [0.25, 0.3) is 0 Å². The molecule has 1 heterocycles. The Kier molecular flexibility index (Phi) is 15.9. The van der Waals surface area contributed by atoms with Gasteiger partial charge < -0.3 is 21.1 Å². The first-order valence-corrected chi connectivity index (χ1v) is 20.3. The number of unbranched alkanes of at least 4 members (excludes halogenated alkanes) is 2. The summed E-state index contributed by atoms with van der Waals surface area (Å²) < 4.78 is 0. The van der Waals surface area contributed by atoms with E-state index in [-0.39, 0.29) is 56.4 Å². The third-order valence-electron chi connectivity index (χ3n) is 10.7. The topological polar surface area (TPSA) is 179 Å². The number of hydrogen-bond donors (Lipinski definition) is 4. The van der Waals surface area contributed by atoms with Gasteiger partial charge in [-0.2, -0.15) is 0 Å². The first kappa shape index (κ1) is 44.6. The molecule has 0 unspecified atom stereocenters. The molecule has 0 spiro atoms. The number of nitrogens with one attached hydrogen (secondary N) is 3. The van der Waals surface area contributed by atoms with Crippen molar-refractivity contribution in [2.24, 2.45) is 11.8 Å². The van der Waals surface area contributed by atoms with Crippen LogP contribution in [0, 0.1) is 11.8 Å². The van der Waals surface area contributed by atoms with Gasteiger partial charge in [0.1, 0.15) is 11.3 Å². The maximum atomic E-state index is 14.4. The number of Topliss-reactive ketones (excluding diaryl/α,β-unsaturated/α-hetero) is 2. The fraction of sp³-hybridized carbons (Fsp3) is 0.312. The van der Waals surface area contributed by atoms with Gasteiger partial charge in [-0.25, -0.2) is 0 Å². The molecule has 60 heavy (non-hydrogen) atoms.